The molecule has 0 saturated carbocycles. The van der Waals surface area contributed by atoms with E-state index in [0.29, 0.717) is 6.42 Å². The third kappa shape index (κ3) is 3.04. The number of halogens is 1. The third-order valence-electron chi connectivity index (χ3n) is 6.78. The summed E-state index contributed by atoms with van der Waals surface area (Å²) in [5, 5.41) is 5.27. The van der Waals surface area contributed by atoms with Crippen molar-refractivity contribution in [3.8, 4) is 0 Å². The van der Waals surface area contributed by atoms with E-state index in [-0.39, 0.29) is 28.2 Å². The van der Waals surface area contributed by atoms with Gasteiger partial charge in [0.05, 0.1) is 0 Å². The van der Waals surface area contributed by atoms with E-state index in [9.17, 15) is 4.79 Å². The van der Waals surface area contributed by atoms with Crippen molar-refractivity contribution in [3.63, 3.8) is 0 Å². The van der Waals surface area contributed by atoms with Crippen LogP contribution in [-0.2, 0) is 4.79 Å². The SMILES string of the molecule is Br.CC1=C(P(C)(c2ccccc2)(c2ccccc2)c2ccccc2)C(C)(C)CC1=O. The van der Waals surface area contributed by atoms with Gasteiger partial charge in [0.2, 0.25) is 0 Å². The Kier molecular flexibility index (Phi) is 5.98. The first-order valence-corrected chi connectivity index (χ1v) is 12.9. The van der Waals surface area contributed by atoms with E-state index in [2.05, 4.69) is 112 Å². The summed E-state index contributed by atoms with van der Waals surface area (Å²) in [7, 11) is 0. The number of hydrogen-bond acceptors (Lipinski definition) is 1. The van der Waals surface area contributed by atoms with Crippen LogP contribution in [0.2, 0.25) is 0 Å². The Hall–Kier alpha value is -2.02. The van der Waals surface area contributed by atoms with Crippen LogP contribution in [0.1, 0.15) is 27.2 Å². The molecule has 0 aliphatic heterocycles. The van der Waals surface area contributed by atoms with Crippen LogP contribution in [0.15, 0.2) is 102 Å². The number of rotatable bonds is 4. The van der Waals surface area contributed by atoms with E-state index in [1.165, 1.54) is 21.2 Å². The van der Waals surface area contributed by atoms with E-state index in [1.807, 2.05) is 6.92 Å². The zero-order chi connectivity index (χ0) is 20.7. The summed E-state index contributed by atoms with van der Waals surface area (Å²) < 4.78 is 0. The zero-order valence-corrected chi connectivity index (χ0v) is 20.7. The van der Waals surface area contributed by atoms with Gasteiger partial charge in [-0.15, -0.1) is 17.0 Å². The molecule has 0 spiro atoms. The van der Waals surface area contributed by atoms with Crippen molar-refractivity contribution < 1.29 is 4.79 Å². The Labute approximate surface area is 190 Å². The van der Waals surface area contributed by atoms with E-state index in [4.69, 9.17) is 0 Å². The Morgan fingerprint density at radius 3 is 1.30 bits per heavy atom. The molecule has 156 valence electrons. The summed E-state index contributed by atoms with van der Waals surface area (Å²) in [6.45, 7) is 5.89. The fraction of sp³-hybridized carbons (Fsp3) is 0.222. The van der Waals surface area contributed by atoms with Crippen molar-refractivity contribution in [2.24, 2.45) is 5.41 Å². The number of hydrogen-bond donors (Lipinski definition) is 0. The van der Waals surface area contributed by atoms with Crippen LogP contribution in [0.3, 0.4) is 0 Å². The topological polar surface area (TPSA) is 17.1 Å². The molecule has 0 amide bonds. The number of carbonyl (C=O) groups excluding carboxylic acids is 1. The molecule has 1 nitrogen and oxygen atoms in total. The first-order chi connectivity index (χ1) is 13.8. The van der Waals surface area contributed by atoms with Gasteiger partial charge < -0.3 is 0 Å². The Balaban J connectivity index is 0.00000256. The summed E-state index contributed by atoms with van der Waals surface area (Å²) in [6.07, 6.45) is 0.576. The minimum atomic E-state index is -3.10. The fourth-order valence-corrected chi connectivity index (χ4v) is 12.6. The van der Waals surface area contributed by atoms with Crippen LogP contribution < -0.4 is 15.9 Å². The van der Waals surface area contributed by atoms with E-state index >= 15 is 0 Å². The second kappa shape index (κ2) is 7.91. The average molecular weight is 481 g/mol. The molecule has 0 aromatic heterocycles. The molecule has 0 atom stereocenters. The maximum atomic E-state index is 13.0. The molecular formula is C27H30BrOP. The van der Waals surface area contributed by atoms with Gasteiger partial charge >= 0.3 is 174 Å². The fourth-order valence-electron chi connectivity index (χ4n) is 5.67. The number of Topliss-reactive ketones (excluding diaryl/α,β-unsaturated/α-hetero) is 1. The van der Waals surface area contributed by atoms with Gasteiger partial charge in [0, 0.05) is 0 Å². The molecule has 0 N–H and O–H groups in total. The van der Waals surface area contributed by atoms with Crippen LogP contribution in [0, 0.1) is 5.41 Å². The summed E-state index contributed by atoms with van der Waals surface area (Å²) in [5.41, 5.74) is 0.752. The van der Waals surface area contributed by atoms with Gasteiger partial charge in [-0.25, -0.2) is 0 Å². The predicted molar refractivity (Wildman–Crippen MR) is 137 cm³/mol. The van der Waals surface area contributed by atoms with Crippen LogP contribution in [0.25, 0.3) is 0 Å². The molecule has 3 aromatic carbocycles. The second-order valence-corrected chi connectivity index (χ2v) is 14.2. The molecular weight excluding hydrogens is 451 g/mol. The van der Waals surface area contributed by atoms with Gasteiger partial charge in [0.1, 0.15) is 0 Å². The normalized spacial score (nSPS) is 17.2. The van der Waals surface area contributed by atoms with Gasteiger partial charge in [0.15, 0.2) is 0 Å². The minimum absolute atomic E-state index is 0. The van der Waals surface area contributed by atoms with Gasteiger partial charge in [0.25, 0.3) is 0 Å². The van der Waals surface area contributed by atoms with Crippen LogP contribution in [0.5, 0.6) is 0 Å². The van der Waals surface area contributed by atoms with Crippen molar-refractivity contribution in [2.75, 3.05) is 6.66 Å². The molecule has 3 heteroatoms. The molecule has 4 rings (SSSR count). The number of carbonyl (C=O) groups is 1. The first kappa shape index (κ1) is 22.7. The van der Waals surface area contributed by atoms with Crippen molar-refractivity contribution >= 4 is 45.3 Å². The molecule has 0 unspecified atom stereocenters. The zero-order valence-electron chi connectivity index (χ0n) is 18.1. The standard InChI is InChI=1S/C27H29OP.BrH/c1-21-25(28)20-27(2,3)26(21)29(4,22-14-8-5-9-15-22,23-16-10-6-11-17-23)24-18-12-7-13-19-24;/h5-19H,20H2,1-4H3;1H. The Bertz CT molecular complexity index is 986. The van der Waals surface area contributed by atoms with E-state index in [0.717, 1.165) is 5.57 Å². The van der Waals surface area contributed by atoms with Gasteiger partial charge in [-0.1, -0.05) is 0 Å². The van der Waals surface area contributed by atoms with Gasteiger partial charge in [-0.05, 0) is 0 Å². The molecule has 3 aromatic rings. The monoisotopic (exact) mass is 480 g/mol. The Morgan fingerprint density at radius 2 is 1.03 bits per heavy atom. The van der Waals surface area contributed by atoms with Gasteiger partial charge in [-0.3, -0.25) is 0 Å². The molecule has 30 heavy (non-hydrogen) atoms. The van der Waals surface area contributed by atoms with Crippen molar-refractivity contribution in [2.45, 2.75) is 27.2 Å². The van der Waals surface area contributed by atoms with E-state index < -0.39 is 6.60 Å². The number of ketones is 1. The summed E-state index contributed by atoms with van der Waals surface area (Å²) in [5.74, 6) is 0.281. The molecule has 0 bridgehead atoms. The summed E-state index contributed by atoms with van der Waals surface area (Å²) in [6, 6.07) is 32.6. The maximum absolute atomic E-state index is 13.0. The molecule has 1 aliphatic carbocycles. The van der Waals surface area contributed by atoms with Crippen LogP contribution >= 0.6 is 23.6 Å². The molecule has 0 fully saturated rings. The Morgan fingerprint density at radius 1 is 0.700 bits per heavy atom. The molecule has 0 heterocycles. The predicted octanol–water partition coefficient (Wildman–Crippen LogP) is 6.00. The van der Waals surface area contributed by atoms with Crippen molar-refractivity contribution in [1.29, 1.82) is 0 Å². The number of benzene rings is 3. The van der Waals surface area contributed by atoms with Crippen LogP contribution in [-0.4, -0.2) is 12.4 Å². The van der Waals surface area contributed by atoms with Crippen molar-refractivity contribution in [3.05, 3.63) is 102 Å². The number of allylic oxidation sites excluding steroid dienone is 2. The second-order valence-electron chi connectivity index (χ2n) is 9.03. The first-order valence-electron chi connectivity index (χ1n) is 10.2. The molecule has 0 radical (unpaired) electrons. The average Bonchev–Trinajstić information content (AvgIpc) is 2.96. The summed E-state index contributed by atoms with van der Waals surface area (Å²) in [4.78, 5) is 13.0. The van der Waals surface area contributed by atoms with Crippen molar-refractivity contribution in [1.82, 2.24) is 0 Å². The van der Waals surface area contributed by atoms with E-state index in [1.54, 1.807) is 0 Å². The van der Waals surface area contributed by atoms with Crippen LogP contribution in [0.4, 0.5) is 0 Å². The summed E-state index contributed by atoms with van der Waals surface area (Å²) >= 11 is 0. The quantitative estimate of drug-likeness (QED) is 0.418. The molecule has 1 aliphatic rings. The molecule has 0 saturated heterocycles. The third-order valence-corrected chi connectivity index (χ3v) is 13.6. The van der Waals surface area contributed by atoms with Gasteiger partial charge in [-0.2, -0.15) is 0 Å².